The first-order chi connectivity index (χ1) is 8.24. The third-order valence-electron chi connectivity index (χ3n) is 2.94. The zero-order valence-electron chi connectivity index (χ0n) is 9.26. The van der Waals surface area contributed by atoms with Gasteiger partial charge in [0.05, 0.1) is 19.1 Å². The number of aliphatic hydroxyl groups is 1. The summed E-state index contributed by atoms with van der Waals surface area (Å²) in [5.74, 6) is 1.30. The van der Waals surface area contributed by atoms with Crippen molar-refractivity contribution in [2.24, 2.45) is 0 Å². The molecule has 0 radical (unpaired) electrons. The molecular formula is C12H13NO4. The Balaban J connectivity index is 1.91. The van der Waals surface area contributed by atoms with E-state index in [0.29, 0.717) is 31.3 Å². The molecule has 0 bridgehead atoms. The largest absolute Gasteiger partial charge is 0.486 e. The van der Waals surface area contributed by atoms with Crippen LogP contribution in [0.3, 0.4) is 0 Å². The normalized spacial score (nSPS) is 23.0. The van der Waals surface area contributed by atoms with E-state index in [2.05, 4.69) is 0 Å². The number of β-amino-alcohol motifs (C(OH)–C–C–N with tert-alkyl or cyclic N) is 1. The highest BCUT2D eigenvalue weighted by Gasteiger charge is 2.29. The molecule has 0 spiro atoms. The van der Waals surface area contributed by atoms with Crippen molar-refractivity contribution in [2.45, 2.75) is 12.5 Å². The van der Waals surface area contributed by atoms with Crippen LogP contribution in [0.5, 0.6) is 11.5 Å². The van der Waals surface area contributed by atoms with Crippen LogP contribution in [-0.2, 0) is 4.79 Å². The molecule has 0 saturated carbocycles. The number of hydrogen-bond acceptors (Lipinski definition) is 4. The molecule has 1 amide bonds. The molecule has 1 fully saturated rings. The van der Waals surface area contributed by atoms with E-state index in [1.807, 2.05) is 6.07 Å². The number of ether oxygens (including phenoxy) is 2. The first kappa shape index (κ1) is 10.4. The Kier molecular flexibility index (Phi) is 2.40. The van der Waals surface area contributed by atoms with Gasteiger partial charge < -0.3 is 19.5 Å². The summed E-state index contributed by atoms with van der Waals surface area (Å²) >= 11 is 0. The van der Waals surface area contributed by atoms with Gasteiger partial charge in [0.2, 0.25) is 5.91 Å². The van der Waals surface area contributed by atoms with Crippen LogP contribution >= 0.6 is 0 Å². The summed E-state index contributed by atoms with van der Waals surface area (Å²) in [6.45, 7) is 1.42. The molecule has 2 aliphatic rings. The number of aliphatic hydroxyl groups excluding tert-OH is 1. The van der Waals surface area contributed by atoms with E-state index < -0.39 is 6.10 Å². The number of fused-ring (bicyclic) bond motifs is 1. The first-order valence-corrected chi connectivity index (χ1v) is 5.62. The number of anilines is 1. The van der Waals surface area contributed by atoms with Crippen molar-refractivity contribution < 1.29 is 19.4 Å². The van der Waals surface area contributed by atoms with E-state index in [-0.39, 0.29) is 12.3 Å². The number of benzene rings is 1. The molecule has 2 aliphatic heterocycles. The van der Waals surface area contributed by atoms with Gasteiger partial charge in [-0.3, -0.25) is 4.79 Å². The van der Waals surface area contributed by atoms with Crippen LogP contribution in [0.15, 0.2) is 18.2 Å². The summed E-state index contributed by atoms with van der Waals surface area (Å²) in [5, 5.41) is 9.45. The van der Waals surface area contributed by atoms with Crippen molar-refractivity contribution in [1.29, 1.82) is 0 Å². The van der Waals surface area contributed by atoms with Crippen LogP contribution < -0.4 is 14.4 Å². The van der Waals surface area contributed by atoms with Crippen LogP contribution in [0.25, 0.3) is 0 Å². The first-order valence-electron chi connectivity index (χ1n) is 5.62. The maximum atomic E-state index is 11.6. The fraction of sp³-hybridized carbons (Fsp3) is 0.417. The Morgan fingerprint density at radius 1 is 1.24 bits per heavy atom. The molecule has 2 heterocycles. The Hall–Kier alpha value is -1.75. The Morgan fingerprint density at radius 3 is 2.71 bits per heavy atom. The summed E-state index contributed by atoms with van der Waals surface area (Å²) in [6, 6.07) is 5.38. The average Bonchev–Trinajstić information content (AvgIpc) is 2.68. The topological polar surface area (TPSA) is 59.0 Å². The summed E-state index contributed by atoms with van der Waals surface area (Å²) in [7, 11) is 0. The number of carbonyl (C=O) groups excluding carboxylic acids is 1. The molecule has 1 aromatic carbocycles. The van der Waals surface area contributed by atoms with Gasteiger partial charge in [-0.25, -0.2) is 0 Å². The predicted molar refractivity (Wildman–Crippen MR) is 60.4 cm³/mol. The summed E-state index contributed by atoms with van der Waals surface area (Å²) < 4.78 is 10.9. The average molecular weight is 235 g/mol. The second-order valence-electron chi connectivity index (χ2n) is 4.19. The lowest BCUT2D eigenvalue weighted by atomic mass is 10.2. The minimum atomic E-state index is -0.573. The van der Waals surface area contributed by atoms with Gasteiger partial charge in [0, 0.05) is 11.8 Å². The van der Waals surface area contributed by atoms with Gasteiger partial charge in [-0.1, -0.05) is 0 Å². The van der Waals surface area contributed by atoms with E-state index in [1.165, 1.54) is 0 Å². The van der Waals surface area contributed by atoms with Crippen molar-refractivity contribution in [3.8, 4) is 11.5 Å². The minimum Gasteiger partial charge on any atom is -0.486 e. The number of hydrogen-bond donors (Lipinski definition) is 1. The minimum absolute atomic E-state index is 0.0609. The van der Waals surface area contributed by atoms with Crippen LogP contribution in [0.2, 0.25) is 0 Å². The van der Waals surface area contributed by atoms with Gasteiger partial charge in [-0.2, -0.15) is 0 Å². The Morgan fingerprint density at radius 2 is 2.00 bits per heavy atom. The fourth-order valence-corrected chi connectivity index (χ4v) is 2.14. The molecule has 1 aromatic rings. The number of nitrogens with zero attached hydrogens (tertiary/aromatic N) is 1. The highest BCUT2D eigenvalue weighted by atomic mass is 16.6. The molecule has 1 atom stereocenters. The summed E-state index contributed by atoms with van der Waals surface area (Å²) in [6.07, 6.45) is -0.384. The number of carbonyl (C=O) groups is 1. The highest BCUT2D eigenvalue weighted by molar-refractivity contribution is 5.96. The van der Waals surface area contributed by atoms with Gasteiger partial charge in [0.25, 0.3) is 0 Å². The lowest BCUT2D eigenvalue weighted by Gasteiger charge is -2.21. The van der Waals surface area contributed by atoms with Crippen molar-refractivity contribution in [2.75, 3.05) is 24.7 Å². The second kappa shape index (κ2) is 3.92. The van der Waals surface area contributed by atoms with Crippen molar-refractivity contribution in [1.82, 2.24) is 0 Å². The van der Waals surface area contributed by atoms with Gasteiger partial charge in [-0.15, -0.1) is 0 Å². The molecule has 90 valence electrons. The monoisotopic (exact) mass is 235 g/mol. The Labute approximate surface area is 98.6 Å². The van der Waals surface area contributed by atoms with Gasteiger partial charge in [-0.05, 0) is 12.1 Å². The van der Waals surface area contributed by atoms with Gasteiger partial charge in [0.1, 0.15) is 13.2 Å². The molecule has 3 rings (SSSR count). The molecule has 17 heavy (non-hydrogen) atoms. The maximum absolute atomic E-state index is 11.6. The third-order valence-corrected chi connectivity index (χ3v) is 2.94. The van der Waals surface area contributed by atoms with Crippen molar-refractivity contribution >= 4 is 11.6 Å². The van der Waals surface area contributed by atoms with E-state index >= 15 is 0 Å². The molecule has 1 saturated heterocycles. The number of rotatable bonds is 1. The van der Waals surface area contributed by atoms with Crippen molar-refractivity contribution in [3.05, 3.63) is 18.2 Å². The molecule has 1 unspecified atom stereocenters. The summed E-state index contributed by atoms with van der Waals surface area (Å²) in [4.78, 5) is 13.2. The molecular weight excluding hydrogens is 222 g/mol. The lowest BCUT2D eigenvalue weighted by Crippen LogP contribution is -2.25. The van der Waals surface area contributed by atoms with Crippen molar-refractivity contribution in [3.63, 3.8) is 0 Å². The maximum Gasteiger partial charge on any atom is 0.229 e. The Bertz CT molecular complexity index is 460. The van der Waals surface area contributed by atoms with E-state index in [9.17, 15) is 9.90 Å². The summed E-state index contributed by atoms with van der Waals surface area (Å²) in [5.41, 5.74) is 0.746. The van der Waals surface area contributed by atoms with E-state index in [4.69, 9.17) is 9.47 Å². The molecule has 1 N–H and O–H groups in total. The number of amides is 1. The zero-order chi connectivity index (χ0) is 11.8. The van der Waals surface area contributed by atoms with Crippen LogP contribution in [0.1, 0.15) is 6.42 Å². The van der Waals surface area contributed by atoms with Gasteiger partial charge in [0.15, 0.2) is 11.5 Å². The third kappa shape index (κ3) is 1.82. The van der Waals surface area contributed by atoms with Crippen LogP contribution in [0.4, 0.5) is 5.69 Å². The van der Waals surface area contributed by atoms with Crippen LogP contribution in [-0.4, -0.2) is 36.9 Å². The second-order valence-corrected chi connectivity index (χ2v) is 4.19. The van der Waals surface area contributed by atoms with E-state index in [0.717, 1.165) is 5.69 Å². The molecule has 5 heteroatoms. The highest BCUT2D eigenvalue weighted by Crippen LogP contribution is 2.35. The smallest absolute Gasteiger partial charge is 0.229 e. The standard InChI is InChI=1S/C12H13NO4/c14-9-6-12(15)13(7-9)8-1-2-10-11(5-8)17-4-3-16-10/h1-2,5,9,14H,3-4,6-7H2. The predicted octanol–water partition coefficient (Wildman–Crippen LogP) is 0.555. The zero-order valence-corrected chi connectivity index (χ0v) is 9.26. The fourth-order valence-electron chi connectivity index (χ4n) is 2.14. The van der Waals surface area contributed by atoms with Gasteiger partial charge >= 0.3 is 0 Å². The quantitative estimate of drug-likeness (QED) is 0.772. The van der Waals surface area contributed by atoms with Crippen LogP contribution in [0, 0.1) is 0 Å². The SMILES string of the molecule is O=C1CC(O)CN1c1ccc2c(c1)OCCO2. The molecule has 0 aliphatic carbocycles. The molecule has 0 aromatic heterocycles. The molecule has 5 nitrogen and oxygen atoms in total. The lowest BCUT2D eigenvalue weighted by molar-refractivity contribution is -0.117. The van der Waals surface area contributed by atoms with E-state index in [1.54, 1.807) is 17.0 Å².